The first-order valence-corrected chi connectivity index (χ1v) is 8.92. The predicted molar refractivity (Wildman–Crippen MR) is 102 cm³/mol. The van der Waals surface area contributed by atoms with Crippen LogP contribution >= 0.6 is 0 Å². The van der Waals surface area contributed by atoms with Crippen molar-refractivity contribution in [3.63, 3.8) is 0 Å². The van der Waals surface area contributed by atoms with Crippen LogP contribution in [0, 0.1) is 5.92 Å². The van der Waals surface area contributed by atoms with Crippen molar-refractivity contribution in [2.45, 2.75) is 39.9 Å². The molecule has 1 aromatic rings. The average molecular weight is 365 g/mol. The highest BCUT2D eigenvalue weighted by molar-refractivity contribution is 5.80. The van der Waals surface area contributed by atoms with E-state index in [0.717, 1.165) is 11.3 Å². The lowest BCUT2D eigenvalue weighted by Crippen LogP contribution is -2.40. The Balaban J connectivity index is 2.60. The van der Waals surface area contributed by atoms with Crippen LogP contribution in [0.3, 0.4) is 0 Å². The Morgan fingerprint density at radius 3 is 2.38 bits per heavy atom. The minimum absolute atomic E-state index is 0.110. The lowest BCUT2D eigenvalue weighted by Gasteiger charge is -2.17. The van der Waals surface area contributed by atoms with Gasteiger partial charge < -0.3 is 25.2 Å². The van der Waals surface area contributed by atoms with Crippen LogP contribution in [0.5, 0.6) is 5.75 Å². The molecule has 0 saturated carbocycles. The summed E-state index contributed by atoms with van der Waals surface area (Å²) in [5.74, 6) is 0.694. The van der Waals surface area contributed by atoms with Crippen molar-refractivity contribution < 1.29 is 19.4 Å². The molecule has 26 heavy (non-hydrogen) atoms. The zero-order valence-corrected chi connectivity index (χ0v) is 16.3. The molecule has 2 atom stereocenters. The highest BCUT2D eigenvalue weighted by atomic mass is 16.5. The first-order valence-electron chi connectivity index (χ1n) is 8.92. The Morgan fingerprint density at radius 1 is 1.19 bits per heavy atom. The van der Waals surface area contributed by atoms with E-state index in [1.165, 1.54) is 7.11 Å². The summed E-state index contributed by atoms with van der Waals surface area (Å²) >= 11 is 0. The van der Waals surface area contributed by atoms with Gasteiger partial charge in [-0.2, -0.15) is 0 Å². The Bertz CT molecular complexity index is 573. The Labute approximate surface area is 155 Å². The molecule has 0 saturated heterocycles. The standard InChI is InChI=1S/C19H31N3O4/c1-6-20-19(21-11-14(4)18(24)25-5)22-12-17(23)15-7-9-16(10-8-15)26-13(2)3/h7-10,13-14,17,23H,6,11-12H2,1-5H3,(H2,20,21,22). The smallest absolute Gasteiger partial charge is 0.310 e. The van der Waals surface area contributed by atoms with Gasteiger partial charge in [-0.25, -0.2) is 0 Å². The van der Waals surface area contributed by atoms with Crippen molar-refractivity contribution in [1.29, 1.82) is 0 Å². The Hall–Kier alpha value is -2.28. The van der Waals surface area contributed by atoms with E-state index >= 15 is 0 Å². The number of aliphatic imine (C=N–C) groups is 1. The van der Waals surface area contributed by atoms with Crippen molar-refractivity contribution in [3.05, 3.63) is 29.8 Å². The minimum atomic E-state index is -0.690. The molecular formula is C19H31N3O4. The summed E-state index contributed by atoms with van der Waals surface area (Å²) < 4.78 is 10.3. The minimum Gasteiger partial charge on any atom is -0.491 e. The number of carbonyl (C=O) groups is 1. The van der Waals surface area contributed by atoms with Crippen LogP contribution in [-0.2, 0) is 9.53 Å². The van der Waals surface area contributed by atoms with Gasteiger partial charge in [0.15, 0.2) is 5.96 Å². The molecule has 3 N–H and O–H groups in total. The molecule has 0 aromatic heterocycles. The number of aliphatic hydroxyl groups excluding tert-OH is 1. The maximum atomic E-state index is 11.4. The molecule has 0 bridgehead atoms. The van der Waals surface area contributed by atoms with Crippen molar-refractivity contribution in [1.82, 2.24) is 10.6 Å². The normalized spacial score (nSPS) is 13.9. The molecule has 0 radical (unpaired) electrons. The lowest BCUT2D eigenvalue weighted by atomic mass is 10.1. The van der Waals surface area contributed by atoms with Gasteiger partial charge in [-0.05, 0) is 38.5 Å². The summed E-state index contributed by atoms with van der Waals surface area (Å²) in [7, 11) is 1.36. The van der Waals surface area contributed by atoms with Gasteiger partial charge >= 0.3 is 5.97 Å². The van der Waals surface area contributed by atoms with E-state index in [0.29, 0.717) is 25.6 Å². The SMILES string of the molecule is CCNC(=NCC(C)C(=O)OC)NCC(O)c1ccc(OC(C)C)cc1. The molecule has 7 heteroatoms. The van der Waals surface area contributed by atoms with Crippen molar-refractivity contribution >= 4 is 11.9 Å². The topological polar surface area (TPSA) is 92.2 Å². The summed E-state index contributed by atoms with van der Waals surface area (Å²) in [4.78, 5) is 15.8. The zero-order valence-electron chi connectivity index (χ0n) is 16.3. The molecule has 2 unspecified atom stereocenters. The molecule has 7 nitrogen and oxygen atoms in total. The third-order valence-electron chi connectivity index (χ3n) is 3.57. The molecule has 0 heterocycles. The number of benzene rings is 1. The third-order valence-corrected chi connectivity index (χ3v) is 3.57. The van der Waals surface area contributed by atoms with Crippen LogP contribution < -0.4 is 15.4 Å². The largest absolute Gasteiger partial charge is 0.491 e. The number of nitrogens with zero attached hydrogens (tertiary/aromatic N) is 1. The molecule has 146 valence electrons. The van der Waals surface area contributed by atoms with Crippen LogP contribution in [0.15, 0.2) is 29.3 Å². The number of hydrogen-bond acceptors (Lipinski definition) is 5. The number of methoxy groups -OCH3 is 1. The molecule has 0 fully saturated rings. The van der Waals surface area contributed by atoms with E-state index in [2.05, 4.69) is 15.6 Å². The van der Waals surface area contributed by atoms with Crippen LogP contribution in [0.4, 0.5) is 0 Å². The molecule has 0 aliphatic heterocycles. The van der Waals surface area contributed by atoms with Gasteiger partial charge in [0.2, 0.25) is 0 Å². The number of esters is 1. The Kier molecular flexibility index (Phi) is 9.51. The maximum Gasteiger partial charge on any atom is 0.310 e. The number of carbonyl (C=O) groups excluding carboxylic acids is 1. The fourth-order valence-corrected chi connectivity index (χ4v) is 2.20. The van der Waals surface area contributed by atoms with Gasteiger partial charge in [0.05, 0.1) is 31.8 Å². The number of nitrogens with one attached hydrogen (secondary N) is 2. The van der Waals surface area contributed by atoms with E-state index in [-0.39, 0.29) is 18.0 Å². The second kappa shape index (κ2) is 11.4. The first kappa shape index (κ1) is 21.8. The van der Waals surface area contributed by atoms with Gasteiger partial charge in [0.25, 0.3) is 0 Å². The average Bonchev–Trinajstić information content (AvgIpc) is 2.62. The number of aliphatic hydroxyl groups is 1. The number of hydrogen-bond donors (Lipinski definition) is 3. The highest BCUT2D eigenvalue weighted by Crippen LogP contribution is 2.18. The molecule has 0 aliphatic carbocycles. The van der Waals surface area contributed by atoms with Crippen LogP contribution in [0.2, 0.25) is 0 Å². The summed E-state index contributed by atoms with van der Waals surface area (Å²) in [5.41, 5.74) is 0.785. The van der Waals surface area contributed by atoms with E-state index in [4.69, 9.17) is 9.47 Å². The lowest BCUT2D eigenvalue weighted by molar-refractivity contribution is -0.144. The van der Waals surface area contributed by atoms with E-state index < -0.39 is 6.10 Å². The molecule has 0 aliphatic rings. The van der Waals surface area contributed by atoms with Crippen LogP contribution in [-0.4, -0.2) is 49.9 Å². The summed E-state index contributed by atoms with van der Waals surface area (Å²) in [6.45, 7) is 8.92. The van der Waals surface area contributed by atoms with Gasteiger partial charge in [0, 0.05) is 13.1 Å². The number of rotatable bonds is 9. The molecule has 1 rings (SSSR count). The van der Waals surface area contributed by atoms with E-state index in [9.17, 15) is 9.90 Å². The van der Waals surface area contributed by atoms with E-state index in [1.807, 2.05) is 45.0 Å². The summed E-state index contributed by atoms with van der Waals surface area (Å²) in [6, 6.07) is 7.37. The zero-order chi connectivity index (χ0) is 19.5. The molecule has 0 amide bonds. The van der Waals surface area contributed by atoms with E-state index in [1.54, 1.807) is 6.92 Å². The second-order valence-corrected chi connectivity index (χ2v) is 6.28. The van der Waals surface area contributed by atoms with Gasteiger partial charge in [-0.1, -0.05) is 19.1 Å². The van der Waals surface area contributed by atoms with Crippen molar-refractivity contribution in [3.8, 4) is 5.75 Å². The first-order chi connectivity index (χ1) is 12.4. The van der Waals surface area contributed by atoms with Crippen LogP contribution in [0.25, 0.3) is 0 Å². The molecule has 0 spiro atoms. The fraction of sp³-hybridized carbons (Fsp3) is 0.579. The highest BCUT2D eigenvalue weighted by Gasteiger charge is 2.13. The quantitative estimate of drug-likeness (QED) is 0.351. The predicted octanol–water partition coefficient (Wildman–Crippen LogP) is 1.87. The van der Waals surface area contributed by atoms with Gasteiger partial charge in [0.1, 0.15) is 5.75 Å². The summed E-state index contributed by atoms with van der Waals surface area (Å²) in [6.07, 6.45) is -0.580. The van der Waals surface area contributed by atoms with Gasteiger partial charge in [-0.15, -0.1) is 0 Å². The van der Waals surface area contributed by atoms with Crippen molar-refractivity contribution in [2.75, 3.05) is 26.7 Å². The third kappa shape index (κ3) is 7.74. The van der Waals surface area contributed by atoms with Crippen LogP contribution in [0.1, 0.15) is 39.4 Å². The summed E-state index contributed by atoms with van der Waals surface area (Å²) in [5, 5.41) is 16.5. The fourth-order valence-electron chi connectivity index (χ4n) is 2.20. The number of guanidine groups is 1. The Morgan fingerprint density at radius 2 is 1.85 bits per heavy atom. The van der Waals surface area contributed by atoms with Gasteiger partial charge in [-0.3, -0.25) is 9.79 Å². The van der Waals surface area contributed by atoms with Crippen molar-refractivity contribution in [2.24, 2.45) is 10.9 Å². The second-order valence-electron chi connectivity index (χ2n) is 6.28. The molecule has 1 aromatic carbocycles. The maximum absolute atomic E-state index is 11.4. The monoisotopic (exact) mass is 365 g/mol. The number of ether oxygens (including phenoxy) is 2. The molecular weight excluding hydrogens is 334 g/mol.